The molecule has 0 bridgehead atoms. The third kappa shape index (κ3) is 5.52. The molecule has 1 heterocycles. The molecule has 1 aliphatic heterocycles. The van der Waals surface area contributed by atoms with E-state index < -0.39 is 16.1 Å². The maximum absolute atomic E-state index is 12.6. The zero-order valence-electron chi connectivity index (χ0n) is 15.3. The summed E-state index contributed by atoms with van der Waals surface area (Å²) < 4.78 is 31.8. The molecule has 0 aliphatic carbocycles. The van der Waals surface area contributed by atoms with Crippen molar-refractivity contribution >= 4 is 16.1 Å². The Morgan fingerprint density at radius 1 is 1.00 bits per heavy atom. The van der Waals surface area contributed by atoms with E-state index in [4.69, 9.17) is 9.57 Å². The van der Waals surface area contributed by atoms with Gasteiger partial charge in [0.25, 0.3) is 0 Å². The van der Waals surface area contributed by atoms with Gasteiger partial charge in [-0.3, -0.25) is 4.84 Å². The Balaban J connectivity index is 1.45. The number of morpholine rings is 1. The first-order valence-electron chi connectivity index (χ1n) is 8.92. The van der Waals surface area contributed by atoms with Gasteiger partial charge in [0.15, 0.2) is 0 Å². The number of ether oxygens (including phenoxy) is 1. The summed E-state index contributed by atoms with van der Waals surface area (Å²) in [5.41, 5.74) is 4.04. The number of urea groups is 1. The number of hydrogen-bond donors (Lipinski definition) is 2. The number of hydrogen-bond acceptors (Lipinski definition) is 5. The highest BCUT2D eigenvalue weighted by molar-refractivity contribution is 7.89. The molecule has 9 heteroatoms. The fraction of sp³-hybridized carbons (Fsp3) is 0.316. The molecule has 0 saturated carbocycles. The van der Waals surface area contributed by atoms with Crippen molar-refractivity contribution in [1.82, 2.24) is 15.1 Å². The molecule has 1 fully saturated rings. The summed E-state index contributed by atoms with van der Waals surface area (Å²) in [5.74, 6) is 0. The molecule has 3 rings (SSSR count). The minimum Gasteiger partial charge on any atom is -0.379 e. The van der Waals surface area contributed by atoms with Crippen molar-refractivity contribution in [3.63, 3.8) is 0 Å². The Kier molecular flexibility index (Phi) is 6.99. The number of sulfonamides is 1. The molecule has 2 N–H and O–H groups in total. The summed E-state index contributed by atoms with van der Waals surface area (Å²) in [4.78, 5) is 17.2. The monoisotopic (exact) mass is 405 g/mol. The van der Waals surface area contributed by atoms with Gasteiger partial charge in [-0.15, -0.1) is 0 Å². The molecule has 0 unspecified atom stereocenters. The minimum absolute atomic E-state index is 0.230. The van der Waals surface area contributed by atoms with Crippen LogP contribution in [0.3, 0.4) is 0 Å². The smallest absolute Gasteiger partial charge is 0.338 e. The van der Waals surface area contributed by atoms with Gasteiger partial charge >= 0.3 is 6.03 Å². The van der Waals surface area contributed by atoms with Gasteiger partial charge in [-0.1, -0.05) is 42.5 Å². The molecule has 2 amide bonds. The Morgan fingerprint density at radius 3 is 2.36 bits per heavy atom. The lowest BCUT2D eigenvalue weighted by Gasteiger charge is -2.26. The van der Waals surface area contributed by atoms with E-state index >= 15 is 0 Å². The van der Waals surface area contributed by atoms with Crippen molar-refractivity contribution in [1.29, 1.82) is 0 Å². The van der Waals surface area contributed by atoms with Crippen LogP contribution in [-0.4, -0.2) is 45.1 Å². The molecule has 1 saturated heterocycles. The summed E-state index contributed by atoms with van der Waals surface area (Å²) in [7, 11) is -3.51. The number of benzene rings is 2. The second-order valence-corrected chi connectivity index (χ2v) is 8.16. The molecular weight excluding hydrogens is 382 g/mol. The summed E-state index contributed by atoms with van der Waals surface area (Å²) in [6.45, 7) is 2.04. The molecule has 0 spiro atoms. The highest BCUT2D eigenvalue weighted by atomic mass is 32.2. The van der Waals surface area contributed by atoms with Gasteiger partial charge in [-0.25, -0.2) is 18.7 Å². The first-order valence-corrected chi connectivity index (χ1v) is 10.4. The van der Waals surface area contributed by atoms with Crippen LogP contribution in [0, 0.1) is 0 Å². The SMILES string of the molecule is O=C(NCc1ccc(S(=O)(=O)N2CCOCC2)cc1)NOCc1ccccc1. The van der Waals surface area contributed by atoms with Crippen LogP contribution in [0.5, 0.6) is 0 Å². The summed E-state index contributed by atoms with van der Waals surface area (Å²) in [6.07, 6.45) is 0. The lowest BCUT2D eigenvalue weighted by atomic mass is 10.2. The second-order valence-electron chi connectivity index (χ2n) is 6.22. The average molecular weight is 405 g/mol. The average Bonchev–Trinajstić information content (AvgIpc) is 2.74. The van der Waals surface area contributed by atoms with E-state index in [1.165, 1.54) is 4.31 Å². The Hall–Kier alpha value is -2.46. The highest BCUT2D eigenvalue weighted by Crippen LogP contribution is 2.17. The summed E-state index contributed by atoms with van der Waals surface area (Å²) >= 11 is 0. The number of carbonyl (C=O) groups is 1. The third-order valence-electron chi connectivity index (χ3n) is 4.23. The third-order valence-corrected chi connectivity index (χ3v) is 6.14. The molecule has 0 atom stereocenters. The van der Waals surface area contributed by atoms with Crippen LogP contribution in [-0.2, 0) is 32.7 Å². The predicted octanol–water partition coefficient (Wildman–Crippen LogP) is 1.64. The minimum atomic E-state index is -3.51. The molecule has 150 valence electrons. The van der Waals surface area contributed by atoms with Crippen LogP contribution >= 0.6 is 0 Å². The number of nitrogens with one attached hydrogen (secondary N) is 2. The van der Waals surface area contributed by atoms with Crippen molar-refractivity contribution in [3.05, 3.63) is 65.7 Å². The van der Waals surface area contributed by atoms with Gasteiger partial charge in [0, 0.05) is 19.6 Å². The van der Waals surface area contributed by atoms with E-state index in [1.807, 2.05) is 30.3 Å². The Bertz CT molecular complexity index is 866. The van der Waals surface area contributed by atoms with Gasteiger partial charge in [-0.2, -0.15) is 4.31 Å². The fourth-order valence-electron chi connectivity index (χ4n) is 2.69. The zero-order valence-corrected chi connectivity index (χ0v) is 16.2. The second kappa shape index (κ2) is 9.65. The molecule has 0 radical (unpaired) electrons. The van der Waals surface area contributed by atoms with Gasteiger partial charge in [0.1, 0.15) is 0 Å². The summed E-state index contributed by atoms with van der Waals surface area (Å²) in [6, 6.07) is 15.5. The van der Waals surface area contributed by atoms with E-state index in [-0.39, 0.29) is 18.0 Å². The molecular formula is C19H23N3O5S. The maximum Gasteiger partial charge on any atom is 0.338 e. The highest BCUT2D eigenvalue weighted by Gasteiger charge is 2.26. The molecule has 2 aromatic rings. The first-order chi connectivity index (χ1) is 13.6. The Morgan fingerprint density at radius 2 is 1.68 bits per heavy atom. The van der Waals surface area contributed by atoms with E-state index in [0.29, 0.717) is 26.3 Å². The molecule has 28 heavy (non-hydrogen) atoms. The lowest BCUT2D eigenvalue weighted by Crippen LogP contribution is -2.40. The Labute approximate surface area is 164 Å². The van der Waals surface area contributed by atoms with Crippen LogP contribution in [0.4, 0.5) is 4.79 Å². The van der Waals surface area contributed by atoms with Gasteiger partial charge in [0.05, 0.1) is 24.7 Å². The van der Waals surface area contributed by atoms with E-state index in [1.54, 1.807) is 24.3 Å². The predicted molar refractivity (Wildman–Crippen MR) is 103 cm³/mol. The quantitative estimate of drug-likeness (QED) is 0.683. The first kappa shape index (κ1) is 20.3. The fourth-order valence-corrected chi connectivity index (χ4v) is 4.10. The molecule has 8 nitrogen and oxygen atoms in total. The van der Waals surface area contributed by atoms with E-state index in [2.05, 4.69) is 10.8 Å². The van der Waals surface area contributed by atoms with Gasteiger partial charge in [0.2, 0.25) is 10.0 Å². The molecule has 1 aliphatic rings. The van der Waals surface area contributed by atoms with Crippen molar-refractivity contribution < 1.29 is 22.8 Å². The van der Waals surface area contributed by atoms with Crippen molar-refractivity contribution in [3.8, 4) is 0 Å². The van der Waals surface area contributed by atoms with Crippen LogP contribution < -0.4 is 10.8 Å². The van der Waals surface area contributed by atoms with Crippen LogP contribution in [0.1, 0.15) is 11.1 Å². The largest absolute Gasteiger partial charge is 0.379 e. The van der Waals surface area contributed by atoms with Crippen LogP contribution in [0.25, 0.3) is 0 Å². The van der Waals surface area contributed by atoms with Crippen molar-refractivity contribution in [2.75, 3.05) is 26.3 Å². The van der Waals surface area contributed by atoms with E-state index in [9.17, 15) is 13.2 Å². The molecule has 2 aromatic carbocycles. The van der Waals surface area contributed by atoms with Crippen LogP contribution in [0.2, 0.25) is 0 Å². The van der Waals surface area contributed by atoms with Crippen LogP contribution in [0.15, 0.2) is 59.5 Å². The zero-order chi connectivity index (χ0) is 19.8. The summed E-state index contributed by atoms with van der Waals surface area (Å²) in [5, 5.41) is 2.66. The number of amides is 2. The normalized spacial score (nSPS) is 15.1. The van der Waals surface area contributed by atoms with E-state index in [0.717, 1.165) is 11.1 Å². The standard InChI is InChI=1S/C19H23N3O5S/c23-19(21-27-15-17-4-2-1-3-5-17)20-14-16-6-8-18(9-7-16)28(24,25)22-10-12-26-13-11-22/h1-9H,10-15H2,(H2,20,21,23). The van der Waals surface area contributed by atoms with Crippen molar-refractivity contribution in [2.45, 2.75) is 18.0 Å². The van der Waals surface area contributed by atoms with Crippen molar-refractivity contribution in [2.24, 2.45) is 0 Å². The number of rotatable bonds is 7. The lowest BCUT2D eigenvalue weighted by molar-refractivity contribution is 0.0490. The number of carbonyl (C=O) groups excluding carboxylic acids is 1. The molecule has 0 aromatic heterocycles. The van der Waals surface area contributed by atoms with Gasteiger partial charge < -0.3 is 10.1 Å². The van der Waals surface area contributed by atoms with Gasteiger partial charge in [-0.05, 0) is 23.3 Å². The number of hydroxylamine groups is 1. The number of nitrogens with zero attached hydrogens (tertiary/aromatic N) is 1. The maximum atomic E-state index is 12.6. The topological polar surface area (TPSA) is 97.0 Å².